The standard InChI is InChI=1S/C12H22/c1-9-3-5-12-8-10(2)4-6-11(12)7-9/h9-12H,3-8H2,1-2H3. The van der Waals surface area contributed by atoms with Crippen molar-refractivity contribution in [3.8, 4) is 0 Å². The summed E-state index contributed by atoms with van der Waals surface area (Å²) in [5, 5.41) is 0. The van der Waals surface area contributed by atoms with Crippen LogP contribution in [0.25, 0.3) is 0 Å². The van der Waals surface area contributed by atoms with Crippen molar-refractivity contribution in [2.24, 2.45) is 23.7 Å². The van der Waals surface area contributed by atoms with Gasteiger partial charge in [0, 0.05) is 0 Å². The second-order valence-electron chi connectivity index (χ2n) is 5.36. The fourth-order valence-corrected chi connectivity index (χ4v) is 3.36. The Morgan fingerprint density at radius 1 is 0.667 bits per heavy atom. The van der Waals surface area contributed by atoms with E-state index in [1.165, 1.54) is 38.5 Å². The number of hydrogen-bond donors (Lipinski definition) is 0. The monoisotopic (exact) mass is 166 g/mol. The molecule has 2 rings (SSSR count). The Hall–Kier alpha value is 0. The SMILES string of the molecule is CC1CCC2CC(C)CCC2C1. The van der Waals surface area contributed by atoms with Crippen LogP contribution in [0.1, 0.15) is 52.4 Å². The molecule has 2 fully saturated rings. The molecule has 0 nitrogen and oxygen atoms in total. The lowest BCUT2D eigenvalue weighted by atomic mass is 9.65. The van der Waals surface area contributed by atoms with Gasteiger partial charge in [-0.05, 0) is 49.4 Å². The summed E-state index contributed by atoms with van der Waals surface area (Å²) < 4.78 is 0. The molecule has 0 amide bonds. The van der Waals surface area contributed by atoms with Gasteiger partial charge in [0.2, 0.25) is 0 Å². The molecule has 0 heterocycles. The van der Waals surface area contributed by atoms with Crippen LogP contribution in [0, 0.1) is 23.7 Å². The van der Waals surface area contributed by atoms with Gasteiger partial charge in [-0.25, -0.2) is 0 Å². The van der Waals surface area contributed by atoms with Crippen molar-refractivity contribution in [1.29, 1.82) is 0 Å². The zero-order valence-electron chi connectivity index (χ0n) is 8.55. The molecular formula is C12H22. The van der Waals surface area contributed by atoms with Crippen LogP contribution in [-0.4, -0.2) is 0 Å². The molecule has 0 spiro atoms. The van der Waals surface area contributed by atoms with E-state index in [4.69, 9.17) is 0 Å². The van der Waals surface area contributed by atoms with Gasteiger partial charge < -0.3 is 0 Å². The van der Waals surface area contributed by atoms with E-state index < -0.39 is 0 Å². The molecule has 0 aromatic carbocycles. The lowest BCUT2D eigenvalue weighted by Gasteiger charge is -2.40. The highest BCUT2D eigenvalue weighted by atomic mass is 14.4. The van der Waals surface area contributed by atoms with E-state index in [-0.39, 0.29) is 0 Å². The minimum atomic E-state index is 1.03. The lowest BCUT2D eigenvalue weighted by molar-refractivity contribution is 0.109. The molecule has 0 radical (unpaired) electrons. The summed E-state index contributed by atoms with van der Waals surface area (Å²) in [5.41, 5.74) is 0. The van der Waals surface area contributed by atoms with Gasteiger partial charge in [-0.15, -0.1) is 0 Å². The number of fused-ring (bicyclic) bond motifs is 1. The summed E-state index contributed by atoms with van der Waals surface area (Å²) in [4.78, 5) is 0. The van der Waals surface area contributed by atoms with E-state index in [1.54, 1.807) is 0 Å². The summed E-state index contributed by atoms with van der Waals surface area (Å²) in [6.07, 6.45) is 9.17. The Bertz CT molecular complexity index is 132. The quantitative estimate of drug-likeness (QED) is 0.512. The van der Waals surface area contributed by atoms with E-state index in [1.807, 2.05) is 0 Å². The normalized spacial score (nSPS) is 48.5. The molecule has 2 aliphatic rings. The molecule has 70 valence electrons. The molecular weight excluding hydrogens is 144 g/mol. The average Bonchev–Trinajstić information content (AvgIpc) is 2.05. The fourth-order valence-electron chi connectivity index (χ4n) is 3.36. The van der Waals surface area contributed by atoms with Gasteiger partial charge >= 0.3 is 0 Å². The van der Waals surface area contributed by atoms with Crippen molar-refractivity contribution >= 4 is 0 Å². The van der Waals surface area contributed by atoms with Crippen molar-refractivity contribution in [2.45, 2.75) is 52.4 Å². The first-order valence-electron chi connectivity index (χ1n) is 5.75. The van der Waals surface area contributed by atoms with Crippen molar-refractivity contribution in [3.63, 3.8) is 0 Å². The second kappa shape index (κ2) is 3.40. The lowest BCUT2D eigenvalue weighted by Crippen LogP contribution is -2.29. The predicted octanol–water partition coefficient (Wildman–Crippen LogP) is 3.86. The van der Waals surface area contributed by atoms with Crippen molar-refractivity contribution in [3.05, 3.63) is 0 Å². The molecule has 0 aliphatic heterocycles. The molecule has 0 heteroatoms. The van der Waals surface area contributed by atoms with Gasteiger partial charge in [-0.1, -0.05) is 26.7 Å². The Morgan fingerprint density at radius 2 is 1.08 bits per heavy atom. The van der Waals surface area contributed by atoms with E-state index in [2.05, 4.69) is 13.8 Å². The molecule has 0 aromatic rings. The van der Waals surface area contributed by atoms with Crippen molar-refractivity contribution in [1.82, 2.24) is 0 Å². The summed E-state index contributed by atoms with van der Waals surface area (Å²) in [7, 11) is 0. The minimum Gasteiger partial charge on any atom is -0.0625 e. The minimum absolute atomic E-state index is 1.03. The van der Waals surface area contributed by atoms with Gasteiger partial charge in [0.1, 0.15) is 0 Å². The number of rotatable bonds is 0. The van der Waals surface area contributed by atoms with Crippen molar-refractivity contribution in [2.75, 3.05) is 0 Å². The maximum atomic E-state index is 2.44. The van der Waals surface area contributed by atoms with Crippen LogP contribution in [0.15, 0.2) is 0 Å². The zero-order chi connectivity index (χ0) is 8.55. The third-order valence-corrected chi connectivity index (χ3v) is 4.14. The van der Waals surface area contributed by atoms with Crippen LogP contribution in [0.2, 0.25) is 0 Å². The molecule has 0 bridgehead atoms. The van der Waals surface area contributed by atoms with Crippen LogP contribution in [0.3, 0.4) is 0 Å². The van der Waals surface area contributed by atoms with Gasteiger partial charge in [0.05, 0.1) is 0 Å². The Labute approximate surface area is 76.7 Å². The Kier molecular flexibility index (Phi) is 2.43. The van der Waals surface area contributed by atoms with Gasteiger partial charge in [-0.2, -0.15) is 0 Å². The van der Waals surface area contributed by atoms with Crippen LogP contribution in [0.4, 0.5) is 0 Å². The van der Waals surface area contributed by atoms with Gasteiger partial charge in [-0.3, -0.25) is 0 Å². The zero-order valence-corrected chi connectivity index (χ0v) is 8.55. The second-order valence-corrected chi connectivity index (χ2v) is 5.36. The average molecular weight is 166 g/mol. The van der Waals surface area contributed by atoms with E-state index in [9.17, 15) is 0 Å². The highest BCUT2D eigenvalue weighted by molar-refractivity contribution is 4.83. The molecule has 2 aliphatic carbocycles. The van der Waals surface area contributed by atoms with Gasteiger partial charge in [0.15, 0.2) is 0 Å². The molecule has 2 saturated carbocycles. The molecule has 4 unspecified atom stereocenters. The summed E-state index contributed by atoms with van der Waals surface area (Å²) >= 11 is 0. The largest absolute Gasteiger partial charge is 0.0625 e. The van der Waals surface area contributed by atoms with Crippen LogP contribution in [0.5, 0.6) is 0 Å². The summed E-state index contributed by atoms with van der Waals surface area (Å²) in [6, 6.07) is 0. The summed E-state index contributed by atoms with van der Waals surface area (Å²) in [5.74, 6) is 4.29. The topological polar surface area (TPSA) is 0 Å². The third-order valence-electron chi connectivity index (χ3n) is 4.14. The molecule has 4 atom stereocenters. The highest BCUT2D eigenvalue weighted by Crippen LogP contribution is 2.44. The smallest absolute Gasteiger partial charge is 0.0383 e. The first-order valence-corrected chi connectivity index (χ1v) is 5.75. The van der Waals surface area contributed by atoms with Crippen LogP contribution >= 0.6 is 0 Å². The fraction of sp³-hybridized carbons (Fsp3) is 1.00. The first kappa shape index (κ1) is 8.59. The predicted molar refractivity (Wildman–Crippen MR) is 53.0 cm³/mol. The van der Waals surface area contributed by atoms with Crippen molar-refractivity contribution < 1.29 is 0 Å². The molecule has 0 saturated heterocycles. The maximum absolute atomic E-state index is 2.44. The van der Waals surface area contributed by atoms with E-state index in [0.29, 0.717) is 0 Å². The number of hydrogen-bond acceptors (Lipinski definition) is 0. The molecule has 0 N–H and O–H groups in total. The highest BCUT2D eigenvalue weighted by Gasteiger charge is 2.32. The maximum Gasteiger partial charge on any atom is -0.0383 e. The van der Waals surface area contributed by atoms with Crippen LogP contribution in [-0.2, 0) is 0 Å². The van der Waals surface area contributed by atoms with E-state index in [0.717, 1.165) is 23.7 Å². The van der Waals surface area contributed by atoms with E-state index >= 15 is 0 Å². The van der Waals surface area contributed by atoms with Crippen LogP contribution < -0.4 is 0 Å². The molecule has 12 heavy (non-hydrogen) atoms. The summed E-state index contributed by atoms with van der Waals surface area (Å²) in [6.45, 7) is 4.88. The first-order chi connectivity index (χ1) is 5.75. The molecule has 0 aromatic heterocycles. The Morgan fingerprint density at radius 3 is 1.50 bits per heavy atom. The Balaban J connectivity index is 1.94. The van der Waals surface area contributed by atoms with Gasteiger partial charge in [0.25, 0.3) is 0 Å². The third kappa shape index (κ3) is 1.67.